The van der Waals surface area contributed by atoms with E-state index in [-0.39, 0.29) is 33.2 Å². The van der Waals surface area contributed by atoms with Gasteiger partial charge in [-0.25, -0.2) is 14.4 Å². The van der Waals surface area contributed by atoms with Crippen LogP contribution in [0.2, 0.25) is 15.1 Å². The average Bonchev–Trinajstić information content (AvgIpc) is 2.83. The van der Waals surface area contributed by atoms with E-state index in [9.17, 15) is 35.5 Å². The molecule has 2 N–H and O–H groups in total. The number of nitrogens with one attached hydrogen (secondary N) is 2. The third kappa shape index (κ3) is 7.02. The lowest BCUT2D eigenvalue weighted by Gasteiger charge is -2.19. The number of hydrogen-bond donors (Lipinski definition) is 2. The van der Waals surface area contributed by atoms with Gasteiger partial charge in [-0.2, -0.15) is 26.3 Å². The van der Waals surface area contributed by atoms with Gasteiger partial charge in [-0.1, -0.05) is 40.9 Å². The Hall–Kier alpha value is -3.09. The molecule has 3 aromatic rings. The summed E-state index contributed by atoms with van der Waals surface area (Å²) in [4.78, 5) is 19.7. The number of allylic oxidation sites excluding steroid dienone is 1. The van der Waals surface area contributed by atoms with E-state index >= 15 is 0 Å². The highest BCUT2D eigenvalue weighted by molar-refractivity contribution is 6.48. The maximum atomic E-state index is 14.9. The fourth-order valence-electron chi connectivity index (χ4n) is 3.05. The van der Waals surface area contributed by atoms with Crippen LogP contribution in [0.3, 0.4) is 0 Å². The van der Waals surface area contributed by atoms with Crippen molar-refractivity contribution in [1.29, 1.82) is 0 Å². The van der Waals surface area contributed by atoms with Crippen LogP contribution in [0.5, 0.6) is 0 Å². The van der Waals surface area contributed by atoms with Crippen molar-refractivity contribution in [2.45, 2.75) is 18.3 Å². The number of rotatable bonds is 6. The molecule has 3 rings (SSSR count). The molecule has 196 valence electrons. The number of nitrogens with zero attached hydrogens (tertiary/aromatic N) is 2. The maximum Gasteiger partial charge on any atom is 0.417 e. The van der Waals surface area contributed by atoms with Gasteiger partial charge in [0.1, 0.15) is 11.7 Å². The molecule has 1 unspecified atom stereocenters. The van der Waals surface area contributed by atoms with Crippen molar-refractivity contribution < 1.29 is 35.5 Å². The molecule has 37 heavy (non-hydrogen) atoms. The highest BCUT2D eigenvalue weighted by Gasteiger charge is 2.41. The zero-order chi connectivity index (χ0) is 27.5. The first kappa shape index (κ1) is 28.5. The standard InChI is InChI=1S/C22H12Cl3F7N4O/c23-15-7-11(8-16(24)18(15)25)13(21(27,28)29)9-17(26)10-2-3-12(14(6-10)22(30,31)32)19(37)35-36-20-33-4-1-5-34-20/h1-9,13H,(H,35,37)(H,33,34,36)/b17-9+. The summed E-state index contributed by atoms with van der Waals surface area (Å²) < 4.78 is 97.1. The van der Waals surface area contributed by atoms with Gasteiger partial charge in [0.05, 0.1) is 26.2 Å². The van der Waals surface area contributed by atoms with E-state index in [2.05, 4.69) is 15.4 Å². The summed E-state index contributed by atoms with van der Waals surface area (Å²) in [6, 6.07) is 4.65. The normalized spacial score (nSPS) is 13.3. The first-order valence-corrected chi connectivity index (χ1v) is 11.0. The number of carbonyl (C=O) groups is 1. The largest absolute Gasteiger partial charge is 0.417 e. The van der Waals surface area contributed by atoms with Gasteiger partial charge in [0.25, 0.3) is 5.91 Å². The summed E-state index contributed by atoms with van der Waals surface area (Å²) in [7, 11) is 0. The Bertz CT molecular complexity index is 1310. The summed E-state index contributed by atoms with van der Waals surface area (Å²) in [5, 5.41) is -0.901. The molecule has 0 fully saturated rings. The van der Waals surface area contributed by atoms with Gasteiger partial charge in [-0.15, -0.1) is 0 Å². The molecular formula is C22H12Cl3F7N4O. The maximum absolute atomic E-state index is 14.9. The minimum absolute atomic E-state index is 0.0689. The van der Waals surface area contributed by atoms with Crippen molar-refractivity contribution in [3.8, 4) is 0 Å². The molecule has 2 aromatic carbocycles. The zero-order valence-electron chi connectivity index (χ0n) is 17.9. The Morgan fingerprint density at radius 3 is 2.08 bits per heavy atom. The van der Waals surface area contributed by atoms with Crippen LogP contribution < -0.4 is 10.9 Å². The van der Waals surface area contributed by atoms with E-state index in [1.807, 2.05) is 5.43 Å². The van der Waals surface area contributed by atoms with Crippen LogP contribution in [0.4, 0.5) is 36.7 Å². The third-order valence-corrected chi connectivity index (χ3v) is 5.93. The number of hydrazine groups is 1. The average molecular weight is 588 g/mol. The predicted molar refractivity (Wildman–Crippen MR) is 124 cm³/mol. The van der Waals surface area contributed by atoms with E-state index in [1.54, 1.807) is 0 Å². The Kier molecular flexibility index (Phi) is 8.56. The van der Waals surface area contributed by atoms with Gasteiger partial charge in [-0.3, -0.25) is 15.6 Å². The molecule has 1 amide bonds. The Morgan fingerprint density at radius 2 is 1.54 bits per heavy atom. The molecule has 0 spiro atoms. The minimum atomic E-state index is -5.16. The molecule has 0 bridgehead atoms. The van der Waals surface area contributed by atoms with Crippen molar-refractivity contribution >= 4 is 52.5 Å². The van der Waals surface area contributed by atoms with Crippen molar-refractivity contribution in [1.82, 2.24) is 15.4 Å². The predicted octanol–water partition coefficient (Wildman–Crippen LogP) is 7.87. The molecular weight excluding hydrogens is 576 g/mol. The van der Waals surface area contributed by atoms with Crippen LogP contribution in [-0.2, 0) is 6.18 Å². The quantitative estimate of drug-likeness (QED) is 0.175. The monoisotopic (exact) mass is 586 g/mol. The molecule has 0 saturated heterocycles. The topological polar surface area (TPSA) is 66.9 Å². The van der Waals surface area contributed by atoms with E-state index in [4.69, 9.17) is 34.8 Å². The first-order chi connectivity index (χ1) is 17.2. The number of amides is 1. The number of alkyl halides is 6. The lowest BCUT2D eigenvalue weighted by molar-refractivity contribution is -0.140. The van der Waals surface area contributed by atoms with Crippen LogP contribution in [0, 0.1) is 0 Å². The molecule has 5 nitrogen and oxygen atoms in total. The van der Waals surface area contributed by atoms with Crippen LogP contribution in [-0.4, -0.2) is 22.1 Å². The molecule has 1 aromatic heterocycles. The lowest BCUT2D eigenvalue weighted by Crippen LogP contribution is -2.32. The third-order valence-electron chi connectivity index (χ3n) is 4.73. The molecule has 1 atom stereocenters. The summed E-state index contributed by atoms with van der Waals surface area (Å²) in [5.41, 5.74) is 0.180. The second-order valence-electron chi connectivity index (χ2n) is 7.24. The molecule has 1 heterocycles. The summed E-state index contributed by atoms with van der Waals surface area (Å²) in [6.07, 6.45) is -7.57. The van der Waals surface area contributed by atoms with Crippen LogP contribution in [0.1, 0.15) is 33.0 Å². The molecule has 0 saturated carbocycles. The number of benzene rings is 2. The van der Waals surface area contributed by atoms with Gasteiger partial charge in [0, 0.05) is 18.0 Å². The summed E-state index contributed by atoms with van der Waals surface area (Å²) >= 11 is 17.3. The minimum Gasteiger partial charge on any atom is -0.267 e. The molecule has 15 heteroatoms. The highest BCUT2D eigenvalue weighted by atomic mass is 35.5. The second-order valence-corrected chi connectivity index (χ2v) is 8.43. The van der Waals surface area contributed by atoms with Gasteiger partial charge >= 0.3 is 12.4 Å². The van der Waals surface area contributed by atoms with Crippen LogP contribution in [0.15, 0.2) is 54.9 Å². The number of carbonyl (C=O) groups excluding carboxylic acids is 1. The molecule has 0 aliphatic carbocycles. The fraction of sp³-hybridized carbons (Fsp3) is 0.136. The number of aromatic nitrogens is 2. The van der Waals surface area contributed by atoms with Crippen LogP contribution in [0.25, 0.3) is 5.83 Å². The number of hydrogen-bond acceptors (Lipinski definition) is 4. The van der Waals surface area contributed by atoms with Gasteiger partial charge in [0.2, 0.25) is 5.95 Å². The lowest BCUT2D eigenvalue weighted by atomic mass is 9.95. The first-order valence-electron chi connectivity index (χ1n) is 9.82. The number of halogens is 10. The fourth-order valence-corrected chi connectivity index (χ4v) is 3.66. The summed E-state index contributed by atoms with van der Waals surface area (Å²) in [5.74, 6) is -5.69. The Morgan fingerprint density at radius 1 is 0.946 bits per heavy atom. The van der Waals surface area contributed by atoms with Crippen molar-refractivity contribution in [2.24, 2.45) is 0 Å². The van der Waals surface area contributed by atoms with Gasteiger partial charge < -0.3 is 0 Å². The van der Waals surface area contributed by atoms with Crippen molar-refractivity contribution in [3.63, 3.8) is 0 Å². The van der Waals surface area contributed by atoms with E-state index in [1.165, 1.54) is 18.5 Å². The SMILES string of the molecule is O=C(NNc1ncccn1)c1ccc(/C(F)=C\C(c2cc(Cl)c(Cl)c(Cl)c2)C(F)(F)F)cc1C(F)(F)F. The summed E-state index contributed by atoms with van der Waals surface area (Å²) in [6.45, 7) is 0. The van der Waals surface area contributed by atoms with Gasteiger partial charge in [0.15, 0.2) is 0 Å². The van der Waals surface area contributed by atoms with Crippen LogP contribution >= 0.6 is 34.8 Å². The van der Waals surface area contributed by atoms with E-state index < -0.39 is 52.3 Å². The zero-order valence-corrected chi connectivity index (χ0v) is 20.1. The smallest absolute Gasteiger partial charge is 0.267 e. The Labute approximate surface area is 219 Å². The van der Waals surface area contributed by atoms with E-state index in [0.29, 0.717) is 6.07 Å². The highest BCUT2D eigenvalue weighted by Crippen LogP contribution is 2.42. The molecule has 0 aliphatic rings. The molecule has 0 radical (unpaired) electrons. The Balaban J connectivity index is 1.99. The molecule has 0 aliphatic heterocycles. The number of anilines is 1. The second kappa shape index (κ2) is 11.1. The van der Waals surface area contributed by atoms with Crippen molar-refractivity contribution in [2.75, 3.05) is 5.43 Å². The van der Waals surface area contributed by atoms with E-state index in [0.717, 1.165) is 18.2 Å². The van der Waals surface area contributed by atoms with Crippen molar-refractivity contribution in [3.05, 3.63) is 92.2 Å². The van der Waals surface area contributed by atoms with Gasteiger partial charge in [-0.05, 0) is 42.0 Å².